The van der Waals surface area contributed by atoms with E-state index in [1.165, 1.54) is 28.7 Å². The van der Waals surface area contributed by atoms with Crippen molar-refractivity contribution >= 4 is 5.91 Å². The summed E-state index contributed by atoms with van der Waals surface area (Å²) in [6, 6.07) is 17.5. The molecule has 1 fully saturated rings. The molecule has 3 nitrogen and oxygen atoms in total. The second-order valence-electron chi connectivity index (χ2n) is 8.23. The number of hydrogen-bond acceptors (Lipinski definition) is 2. The molecule has 1 heterocycles. The molecule has 1 aliphatic heterocycles. The fourth-order valence-corrected chi connectivity index (χ4v) is 3.86. The van der Waals surface area contributed by atoms with Gasteiger partial charge in [0.05, 0.1) is 0 Å². The number of carbonyl (C=O) groups excluding carboxylic acids is 1. The van der Waals surface area contributed by atoms with Gasteiger partial charge in [-0.1, -0.05) is 66.1 Å². The molecular formula is C25H34N2O. The molecule has 1 aliphatic rings. The highest BCUT2D eigenvalue weighted by Crippen LogP contribution is 2.15. The van der Waals surface area contributed by atoms with E-state index in [-0.39, 0.29) is 0 Å². The molecular weight excluding hydrogens is 344 g/mol. The zero-order valence-corrected chi connectivity index (χ0v) is 17.5. The zero-order chi connectivity index (χ0) is 19.8. The molecule has 1 amide bonds. The largest absolute Gasteiger partial charge is 0.338 e. The van der Waals surface area contributed by atoms with Crippen molar-refractivity contribution in [3.8, 4) is 0 Å². The van der Waals surface area contributed by atoms with Gasteiger partial charge in [0.1, 0.15) is 0 Å². The molecule has 28 heavy (non-hydrogen) atoms. The van der Waals surface area contributed by atoms with Crippen LogP contribution in [0.4, 0.5) is 0 Å². The van der Waals surface area contributed by atoms with Crippen LogP contribution in [0.5, 0.6) is 0 Å². The topological polar surface area (TPSA) is 23.6 Å². The second kappa shape index (κ2) is 10.4. The van der Waals surface area contributed by atoms with Crippen LogP contribution in [0.25, 0.3) is 0 Å². The highest BCUT2D eigenvalue weighted by atomic mass is 16.2. The third kappa shape index (κ3) is 6.49. The summed E-state index contributed by atoms with van der Waals surface area (Å²) in [6.45, 7) is 8.99. The number of hydrogen-bond donors (Lipinski definition) is 0. The molecule has 0 N–H and O–H groups in total. The summed E-state index contributed by atoms with van der Waals surface area (Å²) in [4.78, 5) is 17.4. The molecule has 0 saturated carbocycles. The van der Waals surface area contributed by atoms with Crippen molar-refractivity contribution in [3.05, 3.63) is 70.8 Å². The molecule has 2 aromatic carbocycles. The molecule has 0 atom stereocenters. The molecule has 0 aromatic heterocycles. The fourth-order valence-electron chi connectivity index (χ4n) is 3.86. The lowest BCUT2D eigenvalue weighted by atomic mass is 10.1. The minimum absolute atomic E-state index is 0.313. The quantitative estimate of drug-likeness (QED) is 0.739. The average Bonchev–Trinajstić information content (AvgIpc) is 2.72. The smallest absolute Gasteiger partial charge is 0.222 e. The van der Waals surface area contributed by atoms with Crippen LogP contribution in [0.2, 0.25) is 0 Å². The summed E-state index contributed by atoms with van der Waals surface area (Å²) in [5, 5.41) is 0. The lowest BCUT2D eigenvalue weighted by Gasteiger charge is -2.25. The average molecular weight is 379 g/mol. The lowest BCUT2D eigenvalue weighted by molar-refractivity contribution is -0.132. The maximum atomic E-state index is 12.7. The first kappa shape index (κ1) is 20.6. The van der Waals surface area contributed by atoms with Crippen LogP contribution >= 0.6 is 0 Å². The van der Waals surface area contributed by atoms with Crippen LogP contribution in [-0.2, 0) is 17.9 Å². The Morgan fingerprint density at radius 2 is 1.25 bits per heavy atom. The van der Waals surface area contributed by atoms with Crippen molar-refractivity contribution < 1.29 is 4.79 Å². The van der Waals surface area contributed by atoms with Crippen molar-refractivity contribution in [1.29, 1.82) is 0 Å². The van der Waals surface area contributed by atoms with Gasteiger partial charge >= 0.3 is 0 Å². The van der Waals surface area contributed by atoms with Gasteiger partial charge in [-0.15, -0.1) is 0 Å². The molecule has 3 rings (SSSR count). The van der Waals surface area contributed by atoms with Crippen LogP contribution in [0.3, 0.4) is 0 Å². The van der Waals surface area contributed by atoms with Crippen LogP contribution in [-0.4, -0.2) is 35.3 Å². The first-order valence-corrected chi connectivity index (χ1v) is 10.7. The number of carbonyl (C=O) groups is 1. The number of aryl methyl sites for hydroxylation is 2. The van der Waals surface area contributed by atoms with Crippen LogP contribution in [0.1, 0.15) is 54.4 Å². The van der Waals surface area contributed by atoms with Gasteiger partial charge in [-0.3, -0.25) is 9.69 Å². The SMILES string of the molecule is Cc1ccc(CN2CCCCCC(=O)N(Cc3ccc(C)cc3)CCC2)cc1. The Bertz CT molecular complexity index is 736. The number of benzene rings is 2. The Labute approximate surface area is 170 Å². The Kier molecular flexibility index (Phi) is 7.67. The summed E-state index contributed by atoms with van der Waals surface area (Å²) >= 11 is 0. The Morgan fingerprint density at radius 3 is 1.89 bits per heavy atom. The van der Waals surface area contributed by atoms with E-state index in [9.17, 15) is 4.79 Å². The summed E-state index contributed by atoms with van der Waals surface area (Å²) in [7, 11) is 0. The van der Waals surface area contributed by atoms with E-state index in [0.29, 0.717) is 12.3 Å². The monoisotopic (exact) mass is 378 g/mol. The number of nitrogens with zero attached hydrogens (tertiary/aromatic N) is 2. The fraction of sp³-hybridized carbons (Fsp3) is 0.480. The van der Waals surface area contributed by atoms with Gasteiger partial charge < -0.3 is 4.90 Å². The minimum Gasteiger partial charge on any atom is -0.338 e. The molecule has 3 heteroatoms. The van der Waals surface area contributed by atoms with Gasteiger partial charge in [0.2, 0.25) is 5.91 Å². The highest BCUT2D eigenvalue weighted by Gasteiger charge is 2.16. The molecule has 0 aliphatic carbocycles. The summed E-state index contributed by atoms with van der Waals surface area (Å²) in [6.07, 6.45) is 5.03. The highest BCUT2D eigenvalue weighted by molar-refractivity contribution is 5.76. The first-order valence-electron chi connectivity index (χ1n) is 10.7. The van der Waals surface area contributed by atoms with Crippen LogP contribution in [0, 0.1) is 13.8 Å². The molecule has 0 radical (unpaired) electrons. The van der Waals surface area contributed by atoms with Gasteiger partial charge in [-0.2, -0.15) is 0 Å². The van der Waals surface area contributed by atoms with Gasteiger partial charge in [-0.25, -0.2) is 0 Å². The number of rotatable bonds is 4. The standard InChI is InChI=1S/C25H34N2O/c1-21-8-12-23(13-9-21)19-26-16-5-3-4-7-25(28)27(18-6-17-26)20-24-14-10-22(2)11-15-24/h8-15H,3-7,16-20H2,1-2H3. The van der Waals surface area contributed by atoms with Gasteiger partial charge in [-0.05, 0) is 50.8 Å². The van der Waals surface area contributed by atoms with Crippen molar-refractivity contribution in [2.45, 2.75) is 59.0 Å². The Morgan fingerprint density at radius 1 is 0.679 bits per heavy atom. The second-order valence-corrected chi connectivity index (χ2v) is 8.23. The summed E-state index contributed by atoms with van der Waals surface area (Å²) in [5.41, 5.74) is 5.18. The Balaban J connectivity index is 1.61. The molecule has 2 aromatic rings. The van der Waals surface area contributed by atoms with E-state index in [0.717, 1.165) is 52.0 Å². The van der Waals surface area contributed by atoms with E-state index < -0.39 is 0 Å². The van der Waals surface area contributed by atoms with Crippen molar-refractivity contribution in [1.82, 2.24) is 9.80 Å². The van der Waals surface area contributed by atoms with Crippen LogP contribution in [0.15, 0.2) is 48.5 Å². The van der Waals surface area contributed by atoms with E-state index >= 15 is 0 Å². The summed E-state index contributed by atoms with van der Waals surface area (Å²) in [5.74, 6) is 0.313. The Hall–Kier alpha value is -2.13. The van der Waals surface area contributed by atoms with E-state index in [1.807, 2.05) is 0 Å². The predicted molar refractivity (Wildman–Crippen MR) is 116 cm³/mol. The lowest BCUT2D eigenvalue weighted by Crippen LogP contribution is -2.33. The zero-order valence-electron chi connectivity index (χ0n) is 17.5. The van der Waals surface area contributed by atoms with Gasteiger partial charge in [0, 0.05) is 32.6 Å². The van der Waals surface area contributed by atoms with Crippen molar-refractivity contribution in [3.63, 3.8) is 0 Å². The maximum Gasteiger partial charge on any atom is 0.222 e. The molecule has 1 saturated heterocycles. The van der Waals surface area contributed by atoms with Gasteiger partial charge in [0.15, 0.2) is 0 Å². The summed E-state index contributed by atoms with van der Waals surface area (Å²) < 4.78 is 0. The van der Waals surface area contributed by atoms with Crippen molar-refractivity contribution in [2.24, 2.45) is 0 Å². The van der Waals surface area contributed by atoms with E-state index in [4.69, 9.17) is 0 Å². The third-order valence-corrected chi connectivity index (χ3v) is 5.64. The predicted octanol–water partition coefficient (Wildman–Crippen LogP) is 5.10. The molecule has 150 valence electrons. The third-order valence-electron chi connectivity index (χ3n) is 5.64. The molecule has 0 bridgehead atoms. The van der Waals surface area contributed by atoms with Gasteiger partial charge in [0.25, 0.3) is 0 Å². The van der Waals surface area contributed by atoms with E-state index in [2.05, 4.69) is 72.2 Å². The minimum atomic E-state index is 0.313. The molecule has 0 spiro atoms. The first-order chi connectivity index (χ1) is 13.6. The van der Waals surface area contributed by atoms with E-state index in [1.54, 1.807) is 0 Å². The van der Waals surface area contributed by atoms with Crippen molar-refractivity contribution in [2.75, 3.05) is 19.6 Å². The number of amides is 1. The maximum absolute atomic E-state index is 12.7. The van der Waals surface area contributed by atoms with Crippen LogP contribution < -0.4 is 0 Å². The molecule has 0 unspecified atom stereocenters. The normalized spacial score (nSPS) is 17.4.